The van der Waals surface area contributed by atoms with E-state index in [1.807, 2.05) is 23.2 Å². The van der Waals surface area contributed by atoms with Gasteiger partial charge in [0.05, 0.1) is 21.2 Å². The second-order valence-corrected chi connectivity index (χ2v) is 7.68. The second kappa shape index (κ2) is 8.69. The molecule has 0 saturated carbocycles. The number of primary amides is 1. The predicted molar refractivity (Wildman–Crippen MR) is 99.2 cm³/mol. The third-order valence-corrected chi connectivity index (χ3v) is 5.74. The molecule has 10 heteroatoms. The number of rotatable bonds is 6. The lowest BCUT2D eigenvalue weighted by Crippen LogP contribution is -2.34. The molecule has 1 aromatic carbocycles. The van der Waals surface area contributed by atoms with Gasteiger partial charge < -0.3 is 15.6 Å². The number of thiazole rings is 1. The molecule has 2 aromatic rings. The maximum absolute atomic E-state index is 10.9. The fraction of sp³-hybridized carbons (Fsp3) is 0.375. The summed E-state index contributed by atoms with van der Waals surface area (Å²) in [7, 11) is 0. The van der Waals surface area contributed by atoms with Crippen LogP contribution in [0.15, 0.2) is 30.5 Å². The number of benzene rings is 1. The molecule has 1 fully saturated rings. The van der Waals surface area contributed by atoms with Gasteiger partial charge in [0, 0.05) is 30.9 Å². The van der Waals surface area contributed by atoms with Crippen molar-refractivity contribution in [3.63, 3.8) is 0 Å². The number of hydrogen-bond donors (Lipinski definition) is 2. The quantitative estimate of drug-likeness (QED) is 0.724. The van der Waals surface area contributed by atoms with Crippen LogP contribution in [0.2, 0.25) is 0 Å². The summed E-state index contributed by atoms with van der Waals surface area (Å²) in [5, 5.41) is 3.62. The Balaban J connectivity index is 1.58. The van der Waals surface area contributed by atoms with Crippen LogP contribution in [-0.2, 0) is 15.5 Å². The molecule has 1 saturated heterocycles. The average molecular weight is 395 g/mol. The van der Waals surface area contributed by atoms with E-state index in [0.29, 0.717) is 11.6 Å². The van der Waals surface area contributed by atoms with Crippen LogP contribution < -0.4 is 11.1 Å². The highest BCUT2D eigenvalue weighted by Gasteiger charge is 2.23. The van der Waals surface area contributed by atoms with Gasteiger partial charge in [-0.15, -0.1) is 11.3 Å². The molecule has 26 heavy (non-hydrogen) atoms. The molecule has 3 rings (SSSR count). The number of piperidine rings is 1. The largest absolute Gasteiger partial charge is 0.750 e. The van der Waals surface area contributed by atoms with Gasteiger partial charge in [-0.05, 0) is 30.5 Å². The van der Waals surface area contributed by atoms with Gasteiger partial charge in [-0.25, -0.2) is 14.0 Å². The van der Waals surface area contributed by atoms with Gasteiger partial charge in [-0.1, -0.05) is 12.1 Å². The van der Waals surface area contributed by atoms with Gasteiger partial charge in [0.2, 0.25) is 0 Å². The Morgan fingerprint density at radius 2 is 2.08 bits per heavy atom. The smallest absolute Gasteiger partial charge is 0.316 e. The van der Waals surface area contributed by atoms with Gasteiger partial charge >= 0.3 is 6.03 Å². The molecule has 2 heterocycles. The van der Waals surface area contributed by atoms with Crippen molar-refractivity contribution in [3.8, 4) is 10.4 Å². The van der Waals surface area contributed by atoms with Crippen molar-refractivity contribution in [2.24, 2.45) is 5.73 Å². The summed E-state index contributed by atoms with van der Waals surface area (Å²) < 4.78 is 25.5. The fourth-order valence-electron chi connectivity index (χ4n) is 2.90. The van der Waals surface area contributed by atoms with Crippen molar-refractivity contribution in [1.29, 1.82) is 0 Å². The lowest BCUT2D eigenvalue weighted by molar-refractivity contribution is 0.102. The minimum absolute atomic E-state index is 0.109. The molecule has 2 amide bonds. The summed E-state index contributed by atoms with van der Waals surface area (Å²) in [4.78, 5) is 18.5. The van der Waals surface area contributed by atoms with E-state index in [1.165, 1.54) is 0 Å². The number of anilines is 1. The minimum Gasteiger partial charge on any atom is -0.750 e. The molecule has 1 aliphatic heterocycles. The number of nitrogens with two attached hydrogens (primary N) is 1. The van der Waals surface area contributed by atoms with E-state index in [4.69, 9.17) is 5.73 Å². The summed E-state index contributed by atoms with van der Waals surface area (Å²) in [6, 6.07) is 6.86. The Hall–Kier alpha value is -1.85. The molecule has 1 aromatic heterocycles. The lowest BCUT2D eigenvalue weighted by Gasteiger charge is -2.30. The van der Waals surface area contributed by atoms with E-state index >= 15 is 0 Å². The number of carbonyl (C=O) groups excluding carboxylic acids is 1. The van der Waals surface area contributed by atoms with Crippen molar-refractivity contribution in [2.45, 2.75) is 18.8 Å². The van der Waals surface area contributed by atoms with Crippen LogP contribution >= 0.6 is 11.3 Å². The van der Waals surface area contributed by atoms with Gasteiger partial charge in [0.25, 0.3) is 0 Å². The Morgan fingerprint density at radius 3 is 2.69 bits per heavy atom. The number of likely N-dealkylation sites (tertiary alicyclic amines) is 1. The molecule has 1 aliphatic rings. The fourth-order valence-corrected chi connectivity index (χ4v) is 4.22. The van der Waals surface area contributed by atoms with Crippen LogP contribution in [0, 0.1) is 0 Å². The molecule has 0 bridgehead atoms. The van der Waals surface area contributed by atoms with E-state index in [1.54, 1.807) is 23.5 Å². The summed E-state index contributed by atoms with van der Waals surface area (Å²) >= 11 is -0.807. The van der Waals surface area contributed by atoms with Crippen molar-refractivity contribution in [1.82, 2.24) is 9.88 Å². The van der Waals surface area contributed by atoms with Gasteiger partial charge in [-0.2, -0.15) is 0 Å². The first-order valence-corrected chi connectivity index (χ1v) is 9.90. The molecule has 140 valence electrons. The van der Waals surface area contributed by atoms with Crippen LogP contribution in [0.4, 0.5) is 10.5 Å². The molecule has 1 unspecified atom stereocenters. The minimum atomic E-state index is -2.47. The first kappa shape index (κ1) is 18.9. The zero-order chi connectivity index (χ0) is 18.5. The zero-order valence-corrected chi connectivity index (χ0v) is 15.6. The number of amides is 2. The number of nitrogens with zero attached hydrogens (tertiary/aromatic N) is 2. The maximum atomic E-state index is 10.9. The van der Waals surface area contributed by atoms with Crippen LogP contribution in [0.5, 0.6) is 0 Å². The molecular weight excluding hydrogens is 376 g/mol. The lowest BCUT2D eigenvalue weighted by atomic mass is 9.98. The summed E-state index contributed by atoms with van der Waals surface area (Å²) in [6.07, 6.45) is 3.71. The van der Waals surface area contributed by atoms with E-state index in [-0.39, 0.29) is 6.73 Å². The molecule has 0 spiro atoms. The SMILES string of the molecule is NC(=O)Nc1ccc(-c2cnc(C3CCN(COS(=O)[O-])CC3)s2)cc1. The standard InChI is InChI=1S/C16H20N4O4S2/c17-16(21)19-13-3-1-11(2-4-13)14-9-18-15(25-14)12-5-7-20(8-6-12)10-24-26(22)23/h1-4,9,12H,5-8,10H2,(H,22,23)(H3,17,19,21)/p-1. The number of nitrogens with one attached hydrogen (secondary N) is 1. The second-order valence-electron chi connectivity index (χ2n) is 5.97. The maximum Gasteiger partial charge on any atom is 0.316 e. The highest BCUT2D eigenvalue weighted by atomic mass is 32.2. The third-order valence-electron chi connectivity index (χ3n) is 4.23. The van der Waals surface area contributed by atoms with Gasteiger partial charge in [0.15, 0.2) is 0 Å². The normalized spacial score (nSPS) is 17.1. The third kappa shape index (κ3) is 5.08. The predicted octanol–water partition coefficient (Wildman–Crippen LogP) is 2.25. The summed E-state index contributed by atoms with van der Waals surface area (Å²) in [6.45, 7) is 1.67. The molecule has 0 radical (unpaired) electrons. The monoisotopic (exact) mass is 395 g/mol. The summed E-state index contributed by atoms with van der Waals surface area (Å²) in [5.74, 6) is 0.374. The Labute approximate surface area is 157 Å². The van der Waals surface area contributed by atoms with E-state index in [0.717, 1.165) is 41.4 Å². The highest BCUT2D eigenvalue weighted by Crippen LogP contribution is 2.35. The Morgan fingerprint density at radius 1 is 1.38 bits per heavy atom. The highest BCUT2D eigenvalue weighted by molar-refractivity contribution is 7.74. The Kier molecular flexibility index (Phi) is 6.33. The van der Waals surface area contributed by atoms with E-state index in [9.17, 15) is 13.6 Å². The number of urea groups is 1. The number of aromatic nitrogens is 1. The molecule has 1 atom stereocenters. The van der Waals surface area contributed by atoms with Gasteiger partial charge in [0.1, 0.15) is 6.73 Å². The van der Waals surface area contributed by atoms with Crippen LogP contribution in [-0.4, -0.2) is 44.5 Å². The average Bonchev–Trinajstić information content (AvgIpc) is 3.10. The summed E-state index contributed by atoms with van der Waals surface area (Å²) in [5.41, 5.74) is 6.79. The topological polar surface area (TPSA) is 121 Å². The van der Waals surface area contributed by atoms with Crippen molar-refractivity contribution in [3.05, 3.63) is 35.5 Å². The molecular formula is C16H19N4O4S2-. The van der Waals surface area contributed by atoms with Crippen molar-refractivity contribution < 1.29 is 17.7 Å². The zero-order valence-electron chi connectivity index (χ0n) is 13.9. The molecule has 3 N–H and O–H groups in total. The molecule has 0 aliphatic carbocycles. The first-order chi connectivity index (χ1) is 12.5. The van der Waals surface area contributed by atoms with E-state index < -0.39 is 17.4 Å². The first-order valence-electron chi connectivity index (χ1n) is 8.09. The van der Waals surface area contributed by atoms with Crippen LogP contribution in [0.25, 0.3) is 10.4 Å². The van der Waals surface area contributed by atoms with Crippen molar-refractivity contribution in [2.75, 3.05) is 25.1 Å². The number of hydrogen-bond acceptors (Lipinski definition) is 7. The molecule has 8 nitrogen and oxygen atoms in total. The Bertz CT molecular complexity index is 773. The van der Waals surface area contributed by atoms with Crippen molar-refractivity contribution >= 4 is 34.4 Å². The number of carbonyl (C=O) groups is 1. The van der Waals surface area contributed by atoms with E-state index in [2.05, 4.69) is 14.5 Å². The van der Waals surface area contributed by atoms with Gasteiger partial charge in [-0.3, -0.25) is 9.08 Å². The van der Waals surface area contributed by atoms with Crippen LogP contribution in [0.3, 0.4) is 0 Å². The van der Waals surface area contributed by atoms with Crippen LogP contribution in [0.1, 0.15) is 23.8 Å².